The summed E-state index contributed by atoms with van der Waals surface area (Å²) in [5, 5.41) is 11.5. The Balaban J connectivity index is 1.77. The summed E-state index contributed by atoms with van der Waals surface area (Å²) < 4.78 is 2.00. The van der Waals surface area contributed by atoms with Crippen molar-refractivity contribution in [1.29, 1.82) is 0 Å². The van der Waals surface area contributed by atoms with E-state index in [2.05, 4.69) is 4.98 Å². The second-order valence-corrected chi connectivity index (χ2v) is 6.55. The van der Waals surface area contributed by atoms with Gasteiger partial charge >= 0.3 is 0 Å². The number of amides is 1. The molecule has 1 aliphatic heterocycles. The number of hydrogen-bond acceptors (Lipinski definition) is 4. The van der Waals surface area contributed by atoms with Crippen LogP contribution in [-0.2, 0) is 11.2 Å². The summed E-state index contributed by atoms with van der Waals surface area (Å²) in [5.41, 5.74) is 1.96. The molecule has 5 nitrogen and oxygen atoms in total. The molecule has 0 aromatic carbocycles. The molecule has 1 amide bonds. The Hall–Kier alpha value is -1.40. The van der Waals surface area contributed by atoms with Crippen molar-refractivity contribution in [2.75, 3.05) is 13.2 Å². The number of nitrogens with zero attached hydrogens (tertiary/aromatic N) is 3. The minimum atomic E-state index is -0.0151. The van der Waals surface area contributed by atoms with Crippen LogP contribution in [0.2, 0.25) is 0 Å². The number of imidazole rings is 1. The number of thiazole rings is 1. The van der Waals surface area contributed by atoms with Gasteiger partial charge in [-0.05, 0) is 19.8 Å². The van der Waals surface area contributed by atoms with Gasteiger partial charge in [-0.25, -0.2) is 4.98 Å². The van der Waals surface area contributed by atoms with Crippen LogP contribution in [0.25, 0.3) is 4.96 Å². The van der Waals surface area contributed by atoms with Gasteiger partial charge in [0.1, 0.15) is 0 Å². The van der Waals surface area contributed by atoms with Crippen LogP contribution in [-0.4, -0.2) is 44.5 Å². The van der Waals surface area contributed by atoms with Gasteiger partial charge in [0.2, 0.25) is 5.91 Å². The van der Waals surface area contributed by atoms with Crippen molar-refractivity contribution >= 4 is 22.2 Å². The number of aromatic nitrogens is 2. The molecule has 1 saturated heterocycles. The molecular weight excluding hydrogens is 286 g/mol. The fourth-order valence-corrected chi connectivity index (χ4v) is 3.94. The van der Waals surface area contributed by atoms with Gasteiger partial charge in [-0.15, -0.1) is 11.3 Å². The lowest BCUT2D eigenvalue weighted by Gasteiger charge is -2.28. The Kier molecular flexibility index (Phi) is 4.26. The van der Waals surface area contributed by atoms with E-state index in [0.29, 0.717) is 6.42 Å². The van der Waals surface area contributed by atoms with Gasteiger partial charge in [0, 0.05) is 23.8 Å². The van der Waals surface area contributed by atoms with E-state index in [4.69, 9.17) is 0 Å². The van der Waals surface area contributed by atoms with Gasteiger partial charge in [0.05, 0.1) is 24.8 Å². The summed E-state index contributed by atoms with van der Waals surface area (Å²) in [4.78, 5) is 19.9. The molecule has 0 spiro atoms. The molecule has 1 unspecified atom stereocenters. The van der Waals surface area contributed by atoms with Crippen LogP contribution in [0.4, 0.5) is 0 Å². The standard InChI is InChI=1S/C15H21N3O2S/c1-11-8-18-13(10-21-15(18)16-11)7-14(20)17-6-4-2-3-5-12(17)9-19/h8,10,12,19H,2-7,9H2,1H3. The van der Waals surface area contributed by atoms with Crippen molar-refractivity contribution in [3.05, 3.63) is 23.0 Å². The SMILES string of the molecule is Cc1cn2c(CC(=O)N3CCCCCC3CO)csc2n1. The molecule has 114 valence electrons. The molecule has 1 atom stereocenters. The highest BCUT2D eigenvalue weighted by atomic mass is 32.1. The zero-order chi connectivity index (χ0) is 14.8. The van der Waals surface area contributed by atoms with E-state index in [9.17, 15) is 9.90 Å². The van der Waals surface area contributed by atoms with E-state index < -0.39 is 0 Å². The van der Waals surface area contributed by atoms with Gasteiger partial charge in [-0.2, -0.15) is 0 Å². The first-order chi connectivity index (χ1) is 10.2. The molecule has 21 heavy (non-hydrogen) atoms. The van der Waals surface area contributed by atoms with E-state index >= 15 is 0 Å². The molecule has 3 rings (SSSR count). The number of hydrogen-bond donors (Lipinski definition) is 1. The summed E-state index contributed by atoms with van der Waals surface area (Å²) in [6, 6.07) is -0.0151. The largest absolute Gasteiger partial charge is 0.394 e. The van der Waals surface area contributed by atoms with Crippen molar-refractivity contribution in [1.82, 2.24) is 14.3 Å². The van der Waals surface area contributed by atoms with E-state index in [1.54, 1.807) is 11.3 Å². The Morgan fingerprint density at radius 2 is 2.33 bits per heavy atom. The molecule has 0 saturated carbocycles. The fourth-order valence-electron chi connectivity index (χ4n) is 3.02. The van der Waals surface area contributed by atoms with Crippen LogP contribution >= 0.6 is 11.3 Å². The molecule has 0 radical (unpaired) electrons. The summed E-state index contributed by atoms with van der Waals surface area (Å²) in [7, 11) is 0. The summed E-state index contributed by atoms with van der Waals surface area (Å²) >= 11 is 1.57. The first kappa shape index (κ1) is 14.5. The molecule has 6 heteroatoms. The number of carbonyl (C=O) groups is 1. The third-order valence-corrected chi connectivity index (χ3v) is 5.03. The number of likely N-dealkylation sites (tertiary alicyclic amines) is 1. The minimum absolute atomic E-state index is 0.0151. The highest BCUT2D eigenvalue weighted by Crippen LogP contribution is 2.20. The molecule has 1 fully saturated rings. The minimum Gasteiger partial charge on any atom is -0.394 e. The lowest BCUT2D eigenvalue weighted by molar-refractivity contribution is -0.133. The highest BCUT2D eigenvalue weighted by molar-refractivity contribution is 7.15. The lowest BCUT2D eigenvalue weighted by Crippen LogP contribution is -2.43. The van der Waals surface area contributed by atoms with Gasteiger partial charge in [0.15, 0.2) is 4.96 Å². The van der Waals surface area contributed by atoms with E-state index in [-0.39, 0.29) is 18.6 Å². The van der Waals surface area contributed by atoms with E-state index in [0.717, 1.165) is 48.6 Å². The smallest absolute Gasteiger partial charge is 0.228 e. The average molecular weight is 307 g/mol. The predicted molar refractivity (Wildman–Crippen MR) is 82.6 cm³/mol. The molecule has 1 aliphatic rings. The first-order valence-electron chi connectivity index (χ1n) is 7.51. The summed E-state index contributed by atoms with van der Waals surface area (Å²) in [6.07, 6.45) is 6.53. The van der Waals surface area contributed by atoms with Crippen LogP contribution in [0.15, 0.2) is 11.6 Å². The van der Waals surface area contributed by atoms with Crippen molar-refractivity contribution < 1.29 is 9.90 Å². The zero-order valence-corrected chi connectivity index (χ0v) is 13.1. The predicted octanol–water partition coefficient (Wildman–Crippen LogP) is 2.01. The molecular formula is C15H21N3O2S. The lowest BCUT2D eigenvalue weighted by atomic mass is 10.1. The topological polar surface area (TPSA) is 57.8 Å². The average Bonchev–Trinajstić information content (AvgIpc) is 2.89. The molecule has 0 aliphatic carbocycles. The first-order valence-corrected chi connectivity index (χ1v) is 8.39. The van der Waals surface area contributed by atoms with Gasteiger partial charge < -0.3 is 10.0 Å². The van der Waals surface area contributed by atoms with Gasteiger partial charge in [0.25, 0.3) is 0 Å². The van der Waals surface area contributed by atoms with Crippen LogP contribution in [0.3, 0.4) is 0 Å². The van der Waals surface area contributed by atoms with Gasteiger partial charge in [-0.1, -0.05) is 12.8 Å². The van der Waals surface area contributed by atoms with Crippen LogP contribution in [0, 0.1) is 6.92 Å². The van der Waals surface area contributed by atoms with Crippen molar-refractivity contribution in [3.63, 3.8) is 0 Å². The van der Waals surface area contributed by atoms with E-state index in [1.165, 1.54) is 0 Å². The van der Waals surface area contributed by atoms with E-state index in [1.807, 2.05) is 27.8 Å². The molecule has 2 aromatic rings. The maximum atomic E-state index is 12.6. The van der Waals surface area contributed by atoms with Crippen LogP contribution in [0.1, 0.15) is 37.1 Å². The highest BCUT2D eigenvalue weighted by Gasteiger charge is 2.25. The Bertz CT molecular complexity index is 634. The third-order valence-electron chi connectivity index (χ3n) is 4.14. The zero-order valence-electron chi connectivity index (χ0n) is 12.3. The Labute approximate surface area is 128 Å². The summed E-state index contributed by atoms with van der Waals surface area (Å²) in [6.45, 7) is 2.79. The quantitative estimate of drug-likeness (QED) is 0.943. The Morgan fingerprint density at radius 1 is 1.48 bits per heavy atom. The molecule has 1 N–H and O–H groups in total. The number of carbonyl (C=O) groups excluding carboxylic acids is 1. The third kappa shape index (κ3) is 2.96. The number of aryl methyl sites for hydroxylation is 1. The van der Waals surface area contributed by atoms with Crippen molar-refractivity contribution in [3.8, 4) is 0 Å². The Morgan fingerprint density at radius 3 is 3.14 bits per heavy atom. The van der Waals surface area contributed by atoms with Gasteiger partial charge in [-0.3, -0.25) is 9.20 Å². The number of rotatable bonds is 3. The number of aliphatic hydroxyl groups excluding tert-OH is 1. The number of aliphatic hydroxyl groups is 1. The second kappa shape index (κ2) is 6.15. The maximum Gasteiger partial charge on any atom is 0.228 e. The molecule has 2 aromatic heterocycles. The maximum absolute atomic E-state index is 12.6. The second-order valence-electron chi connectivity index (χ2n) is 5.71. The van der Waals surface area contributed by atoms with Crippen molar-refractivity contribution in [2.45, 2.75) is 45.1 Å². The monoisotopic (exact) mass is 307 g/mol. The van der Waals surface area contributed by atoms with Crippen LogP contribution in [0.5, 0.6) is 0 Å². The summed E-state index contributed by atoms with van der Waals surface area (Å²) in [5.74, 6) is 0.113. The normalized spacial score (nSPS) is 19.9. The fraction of sp³-hybridized carbons (Fsp3) is 0.600. The molecule has 3 heterocycles. The number of fused-ring (bicyclic) bond motifs is 1. The van der Waals surface area contributed by atoms with Crippen molar-refractivity contribution in [2.24, 2.45) is 0 Å². The van der Waals surface area contributed by atoms with Crippen LogP contribution < -0.4 is 0 Å². The molecule has 0 bridgehead atoms.